The number of benzene rings is 1. The Morgan fingerprint density at radius 2 is 2.14 bits per heavy atom. The van der Waals surface area contributed by atoms with Gasteiger partial charge in [0.05, 0.1) is 4.90 Å². The van der Waals surface area contributed by atoms with Crippen LogP contribution in [-0.4, -0.2) is 51.4 Å². The molecule has 1 aromatic rings. The minimum absolute atomic E-state index is 0.319. The lowest BCUT2D eigenvalue weighted by atomic mass is 10.1. The molecule has 2 rings (SSSR count). The fourth-order valence-corrected chi connectivity index (χ4v) is 4.49. The molecule has 1 saturated heterocycles. The molecule has 0 saturated carbocycles. The number of hydrogen-bond acceptors (Lipinski definition) is 3. The molecule has 0 radical (unpaired) electrons. The first-order valence-electron chi connectivity index (χ1n) is 7.15. The van der Waals surface area contributed by atoms with Crippen molar-refractivity contribution in [2.24, 2.45) is 5.92 Å². The van der Waals surface area contributed by atoms with E-state index in [0.29, 0.717) is 23.2 Å². The van der Waals surface area contributed by atoms with E-state index in [1.54, 1.807) is 13.1 Å². The summed E-state index contributed by atoms with van der Waals surface area (Å²) in [4.78, 5) is 2.61. The summed E-state index contributed by atoms with van der Waals surface area (Å²) >= 11 is 5.82. The Bertz CT molecular complexity index is 604. The predicted molar refractivity (Wildman–Crippen MR) is 86.2 cm³/mol. The monoisotopic (exact) mass is 330 g/mol. The number of sulfonamides is 1. The van der Waals surface area contributed by atoms with Crippen molar-refractivity contribution in [3.8, 4) is 0 Å². The van der Waals surface area contributed by atoms with E-state index in [1.165, 1.54) is 4.31 Å². The minimum Gasteiger partial charge on any atom is -0.306 e. The van der Waals surface area contributed by atoms with E-state index in [-0.39, 0.29) is 0 Å². The number of halogens is 1. The van der Waals surface area contributed by atoms with Gasteiger partial charge >= 0.3 is 0 Å². The third-order valence-corrected chi connectivity index (χ3v) is 6.37. The molecule has 6 heteroatoms. The van der Waals surface area contributed by atoms with Gasteiger partial charge in [-0.05, 0) is 50.0 Å². The first-order chi connectivity index (χ1) is 9.84. The molecule has 4 nitrogen and oxygen atoms in total. The van der Waals surface area contributed by atoms with Gasteiger partial charge in [0.25, 0.3) is 0 Å². The van der Waals surface area contributed by atoms with Crippen LogP contribution in [0.3, 0.4) is 0 Å². The van der Waals surface area contributed by atoms with Crippen molar-refractivity contribution in [2.45, 2.75) is 24.1 Å². The normalized spacial score (nSPS) is 20.3. The molecule has 0 aromatic heterocycles. The summed E-state index contributed by atoms with van der Waals surface area (Å²) in [6.45, 7) is 4.39. The summed E-state index contributed by atoms with van der Waals surface area (Å²) in [6, 6.07) is 5.38. The van der Waals surface area contributed by atoms with Crippen LogP contribution in [0.15, 0.2) is 23.1 Å². The highest BCUT2D eigenvalue weighted by Crippen LogP contribution is 2.24. The van der Waals surface area contributed by atoms with Crippen LogP contribution >= 0.6 is 11.6 Å². The van der Waals surface area contributed by atoms with Gasteiger partial charge in [-0.25, -0.2) is 12.7 Å². The number of likely N-dealkylation sites (tertiary alicyclic amines) is 1. The van der Waals surface area contributed by atoms with Crippen molar-refractivity contribution in [3.05, 3.63) is 29.3 Å². The summed E-state index contributed by atoms with van der Waals surface area (Å²) in [5.41, 5.74) is 1.59. The van der Waals surface area contributed by atoms with Crippen LogP contribution in [0.4, 0.5) is 0 Å². The molecule has 0 spiro atoms. The third-order valence-electron chi connectivity index (χ3n) is 4.10. The maximum atomic E-state index is 12.8. The Morgan fingerprint density at radius 1 is 1.43 bits per heavy atom. The van der Waals surface area contributed by atoms with Crippen LogP contribution in [0.1, 0.15) is 17.5 Å². The van der Waals surface area contributed by atoms with Crippen molar-refractivity contribution in [2.75, 3.05) is 33.7 Å². The van der Waals surface area contributed by atoms with Gasteiger partial charge < -0.3 is 4.90 Å². The van der Waals surface area contributed by atoms with Gasteiger partial charge in [-0.1, -0.05) is 12.1 Å². The lowest BCUT2D eigenvalue weighted by Crippen LogP contribution is -2.33. The quantitative estimate of drug-likeness (QED) is 0.778. The van der Waals surface area contributed by atoms with Gasteiger partial charge in [0.15, 0.2) is 0 Å². The molecule has 1 fully saturated rings. The molecule has 1 heterocycles. The average molecular weight is 331 g/mol. The minimum atomic E-state index is -3.45. The van der Waals surface area contributed by atoms with Crippen LogP contribution in [0.5, 0.6) is 0 Å². The summed E-state index contributed by atoms with van der Waals surface area (Å²) in [7, 11) is 0.288. The smallest absolute Gasteiger partial charge is 0.243 e. The SMILES string of the molecule is Cc1ccc(CCl)cc1S(=O)(=O)N(C)CC1CCN(C)C1. The van der Waals surface area contributed by atoms with E-state index in [9.17, 15) is 8.42 Å². The topological polar surface area (TPSA) is 40.6 Å². The molecule has 1 aliphatic heterocycles. The van der Waals surface area contributed by atoms with E-state index < -0.39 is 10.0 Å². The first-order valence-corrected chi connectivity index (χ1v) is 9.12. The second kappa shape index (κ2) is 6.65. The second-order valence-corrected chi connectivity index (χ2v) is 8.22. The molecule has 1 unspecified atom stereocenters. The molecule has 1 atom stereocenters. The number of rotatable bonds is 5. The number of aryl methyl sites for hydroxylation is 1. The number of hydrogen-bond donors (Lipinski definition) is 0. The Labute approximate surface area is 132 Å². The fraction of sp³-hybridized carbons (Fsp3) is 0.600. The summed E-state index contributed by atoms with van der Waals surface area (Å²) in [6.07, 6.45) is 1.05. The van der Waals surface area contributed by atoms with E-state index in [4.69, 9.17) is 11.6 Å². The number of nitrogens with zero attached hydrogens (tertiary/aromatic N) is 2. The van der Waals surface area contributed by atoms with Gasteiger partial charge in [-0.2, -0.15) is 0 Å². The summed E-state index contributed by atoms with van der Waals surface area (Å²) in [5.74, 6) is 0.728. The lowest BCUT2D eigenvalue weighted by molar-refractivity contribution is 0.356. The van der Waals surface area contributed by atoms with Crippen molar-refractivity contribution in [1.82, 2.24) is 9.21 Å². The van der Waals surface area contributed by atoms with E-state index in [0.717, 1.165) is 30.6 Å². The van der Waals surface area contributed by atoms with Gasteiger partial charge in [0.1, 0.15) is 0 Å². The van der Waals surface area contributed by atoms with Crippen molar-refractivity contribution in [3.63, 3.8) is 0 Å². The lowest BCUT2D eigenvalue weighted by Gasteiger charge is -2.22. The maximum absolute atomic E-state index is 12.8. The van der Waals surface area contributed by atoms with Gasteiger partial charge in [-0.15, -0.1) is 11.6 Å². The second-order valence-electron chi connectivity index (χ2n) is 5.94. The zero-order valence-corrected chi connectivity index (χ0v) is 14.4. The van der Waals surface area contributed by atoms with Crippen LogP contribution < -0.4 is 0 Å². The molecule has 0 bridgehead atoms. The highest BCUT2D eigenvalue weighted by molar-refractivity contribution is 7.89. The standard InChI is InChI=1S/C15H23ClN2O2S/c1-12-4-5-13(9-16)8-15(12)21(19,20)18(3)11-14-6-7-17(2)10-14/h4-5,8,14H,6-7,9-11H2,1-3H3. The van der Waals surface area contributed by atoms with E-state index >= 15 is 0 Å². The third kappa shape index (κ3) is 3.77. The van der Waals surface area contributed by atoms with E-state index in [1.807, 2.05) is 19.1 Å². The Hall–Kier alpha value is -0.620. The molecule has 0 N–H and O–H groups in total. The van der Waals surface area contributed by atoms with Crippen LogP contribution in [-0.2, 0) is 15.9 Å². The zero-order chi connectivity index (χ0) is 15.6. The van der Waals surface area contributed by atoms with E-state index in [2.05, 4.69) is 11.9 Å². The predicted octanol–water partition coefficient (Wildman–Crippen LogP) is 2.31. The Kier molecular flexibility index (Phi) is 5.30. The van der Waals surface area contributed by atoms with Gasteiger partial charge in [-0.3, -0.25) is 0 Å². The average Bonchev–Trinajstić information content (AvgIpc) is 2.84. The molecule has 0 aliphatic carbocycles. The number of alkyl halides is 1. The van der Waals surface area contributed by atoms with Crippen LogP contribution in [0.2, 0.25) is 0 Å². The molecule has 1 aromatic carbocycles. The molecular formula is C15H23ClN2O2S. The van der Waals surface area contributed by atoms with Gasteiger partial charge in [0.2, 0.25) is 10.0 Å². The van der Waals surface area contributed by atoms with Gasteiger partial charge in [0, 0.05) is 26.0 Å². The molecule has 21 heavy (non-hydrogen) atoms. The molecular weight excluding hydrogens is 308 g/mol. The Morgan fingerprint density at radius 3 is 2.71 bits per heavy atom. The van der Waals surface area contributed by atoms with Crippen molar-refractivity contribution in [1.29, 1.82) is 0 Å². The summed E-state index contributed by atoms with van der Waals surface area (Å²) < 4.78 is 27.0. The van der Waals surface area contributed by atoms with Crippen molar-refractivity contribution >= 4 is 21.6 Å². The molecule has 1 aliphatic rings. The molecule has 0 amide bonds. The largest absolute Gasteiger partial charge is 0.306 e. The fourth-order valence-electron chi connectivity index (χ4n) is 2.81. The summed E-state index contributed by atoms with van der Waals surface area (Å²) in [5, 5.41) is 0. The molecule has 118 valence electrons. The Balaban J connectivity index is 2.20. The first kappa shape index (κ1) is 16.7. The maximum Gasteiger partial charge on any atom is 0.243 e. The van der Waals surface area contributed by atoms with Crippen LogP contribution in [0.25, 0.3) is 0 Å². The highest BCUT2D eigenvalue weighted by atomic mass is 35.5. The zero-order valence-electron chi connectivity index (χ0n) is 12.8. The van der Waals surface area contributed by atoms with Crippen molar-refractivity contribution < 1.29 is 8.42 Å². The highest BCUT2D eigenvalue weighted by Gasteiger charge is 2.28. The van der Waals surface area contributed by atoms with Crippen LogP contribution in [0, 0.1) is 12.8 Å².